The van der Waals surface area contributed by atoms with Gasteiger partial charge in [0, 0.05) is 0 Å². The lowest BCUT2D eigenvalue weighted by Crippen LogP contribution is -1.83. The molecule has 0 fully saturated rings. The van der Waals surface area contributed by atoms with Crippen molar-refractivity contribution < 1.29 is 0 Å². The lowest BCUT2D eigenvalue weighted by atomic mass is 10.0. The first-order valence-electron chi connectivity index (χ1n) is 14.8. The topological polar surface area (TPSA) is 0 Å². The van der Waals surface area contributed by atoms with Crippen LogP contribution in [0, 0.1) is 0 Å². The average Bonchev–Trinajstić information content (AvgIpc) is 2.85. The van der Waals surface area contributed by atoms with Gasteiger partial charge >= 0.3 is 0 Å². The molecule has 0 aliphatic heterocycles. The molecular weight excluding hydrogens is 408 g/mol. The van der Waals surface area contributed by atoms with E-state index in [1.165, 1.54) is 89.9 Å². The molecule has 0 saturated carbocycles. The van der Waals surface area contributed by atoms with E-state index in [0.29, 0.717) is 0 Å². The van der Waals surface area contributed by atoms with Gasteiger partial charge in [-0.3, -0.25) is 0 Å². The van der Waals surface area contributed by atoms with Gasteiger partial charge in [0.05, 0.1) is 0 Å². The van der Waals surface area contributed by atoms with Crippen LogP contribution in [0.5, 0.6) is 0 Å². The van der Waals surface area contributed by atoms with Crippen LogP contribution >= 0.6 is 0 Å². The summed E-state index contributed by atoms with van der Waals surface area (Å²) in [5.41, 5.74) is 0. The molecule has 0 unspecified atom stereocenters. The smallest absolute Gasteiger partial charge is 0.0169 e. The van der Waals surface area contributed by atoms with Crippen LogP contribution in [0.4, 0.5) is 0 Å². The molecule has 0 aliphatic rings. The quantitative estimate of drug-likeness (QED) is 0.0926. The van der Waals surface area contributed by atoms with E-state index in [-0.39, 0.29) is 0 Å². The summed E-state index contributed by atoms with van der Waals surface area (Å²) in [5.74, 6) is 0. The first kappa shape index (κ1) is 32.4. The maximum atomic E-state index is 2.37. The van der Waals surface area contributed by atoms with Crippen molar-refractivity contribution in [2.75, 3.05) is 0 Å². The van der Waals surface area contributed by atoms with Crippen LogP contribution in [-0.2, 0) is 0 Å². The molecule has 0 aromatic heterocycles. The van der Waals surface area contributed by atoms with E-state index in [1.54, 1.807) is 0 Å². The van der Waals surface area contributed by atoms with Gasteiger partial charge in [0.1, 0.15) is 0 Å². The summed E-state index contributed by atoms with van der Waals surface area (Å²) in [6.45, 7) is 4.36. The minimum atomic E-state index is 1.08. The zero-order valence-corrected chi connectivity index (χ0v) is 23.1. The number of hydrogen-bond donors (Lipinski definition) is 0. The third-order valence-electron chi connectivity index (χ3n) is 6.05. The molecule has 194 valence electrons. The Bertz CT molecular complexity index is 490. The van der Waals surface area contributed by atoms with Crippen molar-refractivity contribution in [1.29, 1.82) is 0 Å². The molecule has 0 N–H and O–H groups in total. The van der Waals surface area contributed by atoms with E-state index < -0.39 is 0 Å². The fraction of sp³-hybridized carbons (Fsp3) is 0.647. The van der Waals surface area contributed by atoms with E-state index in [2.05, 4.69) is 86.8 Å². The van der Waals surface area contributed by atoms with Gasteiger partial charge in [0.25, 0.3) is 0 Å². The van der Waals surface area contributed by atoms with Crippen molar-refractivity contribution in [3.05, 3.63) is 72.9 Å². The van der Waals surface area contributed by atoms with Crippen LogP contribution in [-0.4, -0.2) is 0 Å². The molecule has 0 amide bonds. The minimum absolute atomic E-state index is 1.08. The Hall–Kier alpha value is -1.56. The van der Waals surface area contributed by atoms with Crippen LogP contribution in [0.25, 0.3) is 0 Å². The number of hydrogen-bond acceptors (Lipinski definition) is 0. The standard InChI is InChI=1S/C34H58/c1-3-5-7-9-11-13-15-17-19-21-23-25-27-29-31-33-34-32-30-28-26-24-22-20-18-16-14-12-10-8-6-4-2/h5-8,11-14,17-20H,3-4,9-10,15-16,21-34H2,1-2H3. The summed E-state index contributed by atoms with van der Waals surface area (Å²) in [6, 6.07) is 0. The van der Waals surface area contributed by atoms with E-state index in [1.807, 2.05) is 0 Å². The molecule has 0 radical (unpaired) electrons. The Kier molecular flexibility index (Phi) is 30.0. The second-order valence-corrected chi connectivity index (χ2v) is 9.41. The molecule has 34 heavy (non-hydrogen) atoms. The Morgan fingerprint density at radius 2 is 0.500 bits per heavy atom. The highest BCUT2D eigenvalue weighted by molar-refractivity contribution is 4.97. The van der Waals surface area contributed by atoms with Crippen molar-refractivity contribution in [2.45, 2.75) is 142 Å². The molecule has 0 rings (SSSR count). The zero-order chi connectivity index (χ0) is 24.6. The maximum Gasteiger partial charge on any atom is -0.0169 e. The van der Waals surface area contributed by atoms with E-state index >= 15 is 0 Å². The van der Waals surface area contributed by atoms with Crippen LogP contribution < -0.4 is 0 Å². The van der Waals surface area contributed by atoms with Gasteiger partial charge in [0.15, 0.2) is 0 Å². The van der Waals surface area contributed by atoms with Gasteiger partial charge in [-0.1, -0.05) is 151 Å². The maximum absolute atomic E-state index is 2.37. The molecule has 0 saturated heterocycles. The van der Waals surface area contributed by atoms with E-state index in [4.69, 9.17) is 0 Å². The number of allylic oxidation sites excluding steroid dienone is 12. The summed E-state index contributed by atoms with van der Waals surface area (Å²) in [5, 5.41) is 0. The van der Waals surface area contributed by atoms with Crippen molar-refractivity contribution >= 4 is 0 Å². The first-order chi connectivity index (χ1) is 16.9. The summed E-state index contributed by atoms with van der Waals surface area (Å²) in [7, 11) is 0. The first-order valence-corrected chi connectivity index (χ1v) is 14.8. The number of rotatable bonds is 25. The van der Waals surface area contributed by atoms with E-state index in [9.17, 15) is 0 Å². The molecule has 0 aromatic rings. The largest absolute Gasteiger partial charge is 0.0885 e. The van der Waals surface area contributed by atoms with Crippen molar-refractivity contribution in [1.82, 2.24) is 0 Å². The summed E-state index contributed by atoms with van der Waals surface area (Å²) in [4.78, 5) is 0. The van der Waals surface area contributed by atoms with Gasteiger partial charge in [0.2, 0.25) is 0 Å². The minimum Gasteiger partial charge on any atom is -0.0885 e. The van der Waals surface area contributed by atoms with Crippen LogP contribution in [0.15, 0.2) is 72.9 Å². The van der Waals surface area contributed by atoms with Gasteiger partial charge < -0.3 is 0 Å². The Morgan fingerprint density at radius 3 is 0.794 bits per heavy atom. The molecule has 0 atom stereocenters. The van der Waals surface area contributed by atoms with Crippen molar-refractivity contribution in [2.24, 2.45) is 0 Å². The fourth-order valence-corrected chi connectivity index (χ4v) is 3.95. The molecule has 0 nitrogen and oxygen atoms in total. The highest BCUT2D eigenvalue weighted by Crippen LogP contribution is 2.13. The lowest BCUT2D eigenvalue weighted by molar-refractivity contribution is 0.542. The molecule has 0 aromatic carbocycles. The molecular formula is C34H58. The van der Waals surface area contributed by atoms with E-state index in [0.717, 1.165) is 38.5 Å². The molecule has 0 heterocycles. The summed E-state index contributed by atoms with van der Waals surface area (Å²) >= 11 is 0. The van der Waals surface area contributed by atoms with Gasteiger partial charge in [-0.15, -0.1) is 0 Å². The average molecular weight is 467 g/mol. The number of unbranched alkanes of at least 4 members (excludes halogenated alkanes) is 13. The predicted octanol–water partition coefficient (Wildman–Crippen LogP) is 12.2. The van der Waals surface area contributed by atoms with Crippen LogP contribution in [0.1, 0.15) is 142 Å². The second-order valence-electron chi connectivity index (χ2n) is 9.41. The molecule has 0 spiro atoms. The Morgan fingerprint density at radius 1 is 0.265 bits per heavy atom. The molecule has 0 aliphatic carbocycles. The fourth-order valence-electron chi connectivity index (χ4n) is 3.95. The van der Waals surface area contributed by atoms with Crippen molar-refractivity contribution in [3.8, 4) is 0 Å². The third-order valence-corrected chi connectivity index (χ3v) is 6.05. The molecule has 0 bridgehead atoms. The Balaban J connectivity index is 3.21. The van der Waals surface area contributed by atoms with Gasteiger partial charge in [-0.05, 0) is 64.2 Å². The third kappa shape index (κ3) is 30.4. The summed E-state index contributed by atoms with van der Waals surface area (Å²) < 4.78 is 0. The molecule has 0 heteroatoms. The SMILES string of the molecule is CCC=CCC=CCC=CCCCCCCCCCCCCCCC=CCC=CCC=CCC. The monoisotopic (exact) mass is 466 g/mol. The van der Waals surface area contributed by atoms with Crippen LogP contribution in [0.2, 0.25) is 0 Å². The van der Waals surface area contributed by atoms with Gasteiger partial charge in [-0.25, -0.2) is 0 Å². The van der Waals surface area contributed by atoms with Crippen molar-refractivity contribution in [3.63, 3.8) is 0 Å². The van der Waals surface area contributed by atoms with Crippen LogP contribution in [0.3, 0.4) is 0 Å². The highest BCUT2D eigenvalue weighted by Gasteiger charge is 1.93. The predicted molar refractivity (Wildman–Crippen MR) is 159 cm³/mol. The highest BCUT2D eigenvalue weighted by atomic mass is 14.0. The summed E-state index contributed by atoms with van der Waals surface area (Å²) in [6.07, 6.45) is 53.6. The lowest BCUT2D eigenvalue weighted by Gasteiger charge is -2.02. The second kappa shape index (κ2) is 31.4. The zero-order valence-electron chi connectivity index (χ0n) is 23.1. The normalized spacial score (nSPS) is 12.9. The Labute approximate surface area is 215 Å². The van der Waals surface area contributed by atoms with Gasteiger partial charge in [-0.2, -0.15) is 0 Å².